The lowest BCUT2D eigenvalue weighted by Crippen LogP contribution is -2.53. The number of imidazole rings is 1. The van der Waals surface area contributed by atoms with Crippen LogP contribution in [0.5, 0.6) is 6.01 Å². The summed E-state index contributed by atoms with van der Waals surface area (Å²) < 4.78 is 19.3. The number of aromatic nitrogens is 3. The number of unbranched alkanes of at least 4 members (excludes halogenated alkanes) is 3. The largest absolute Gasteiger partial charge is 0.466 e. The van der Waals surface area contributed by atoms with Crippen LogP contribution in [0.2, 0.25) is 0 Å². The van der Waals surface area contributed by atoms with E-state index in [1.807, 2.05) is 29.7 Å². The molecule has 3 amide bonds. The fraction of sp³-hybridized carbons (Fsp3) is 0.628. The first-order valence-corrected chi connectivity index (χ1v) is 21.7. The van der Waals surface area contributed by atoms with Gasteiger partial charge < -0.3 is 30.2 Å². The Balaban J connectivity index is 1.13. The summed E-state index contributed by atoms with van der Waals surface area (Å²) in [5.74, 6) is -0.440. The molecule has 3 N–H and O–H groups in total. The topological polar surface area (TPSA) is 168 Å². The molecule has 57 heavy (non-hydrogen) atoms. The fourth-order valence-electron chi connectivity index (χ4n) is 8.13. The number of primary amides is 1. The molecule has 1 aromatic carbocycles. The van der Waals surface area contributed by atoms with Crippen LogP contribution in [0.4, 0.5) is 4.79 Å². The minimum absolute atomic E-state index is 0.00443. The molecule has 3 fully saturated rings. The van der Waals surface area contributed by atoms with Crippen molar-refractivity contribution in [1.29, 1.82) is 0 Å². The number of rotatable bonds is 17. The molecule has 2 aromatic heterocycles. The number of thiazole rings is 1. The monoisotopic (exact) mass is 804 g/mol. The van der Waals surface area contributed by atoms with Crippen molar-refractivity contribution in [2.75, 3.05) is 13.2 Å². The molecule has 2 saturated carbocycles. The third-order valence-electron chi connectivity index (χ3n) is 11.0. The first-order chi connectivity index (χ1) is 27.2. The highest BCUT2D eigenvalue weighted by Crippen LogP contribution is 2.41. The number of nitrogens with one attached hydrogen (secondary N) is 1. The second kappa shape index (κ2) is 18.4. The van der Waals surface area contributed by atoms with Crippen LogP contribution in [0.3, 0.4) is 0 Å². The van der Waals surface area contributed by atoms with Crippen LogP contribution in [0.1, 0.15) is 130 Å². The fourth-order valence-corrected chi connectivity index (χ4v) is 9.06. The number of nitrogens with zero attached hydrogens (tertiary/aromatic N) is 4. The summed E-state index contributed by atoms with van der Waals surface area (Å²) in [6.07, 6.45) is 12.3. The number of hydrogen-bond donors (Lipinski definition) is 2. The molecule has 3 aliphatic rings. The highest BCUT2D eigenvalue weighted by atomic mass is 32.1. The van der Waals surface area contributed by atoms with Gasteiger partial charge in [-0.15, -0.1) is 11.3 Å². The molecule has 14 heteroatoms. The highest BCUT2D eigenvalue weighted by Gasteiger charge is 2.44. The normalized spacial score (nSPS) is 21.7. The van der Waals surface area contributed by atoms with E-state index in [0.717, 1.165) is 53.0 Å². The Morgan fingerprint density at radius 3 is 2.54 bits per heavy atom. The van der Waals surface area contributed by atoms with Crippen LogP contribution >= 0.6 is 11.3 Å². The second-order valence-electron chi connectivity index (χ2n) is 17.0. The molecule has 1 saturated heterocycles. The number of fused-ring (bicyclic) bond motifs is 1. The predicted octanol–water partition coefficient (Wildman–Crippen LogP) is 7.83. The number of para-hydroxylation sites is 1. The third-order valence-corrected chi connectivity index (χ3v) is 11.9. The van der Waals surface area contributed by atoms with Gasteiger partial charge in [0.2, 0.25) is 11.8 Å². The Kier molecular flexibility index (Phi) is 13.6. The molecule has 0 bridgehead atoms. The molecule has 6 rings (SSSR count). The van der Waals surface area contributed by atoms with Gasteiger partial charge in [0, 0.05) is 29.3 Å². The maximum absolute atomic E-state index is 14.3. The Labute approximate surface area is 340 Å². The van der Waals surface area contributed by atoms with E-state index in [0.29, 0.717) is 31.4 Å². The lowest BCUT2D eigenvalue weighted by atomic mass is 10.0. The maximum atomic E-state index is 14.3. The Hall–Kier alpha value is -4.46. The van der Waals surface area contributed by atoms with Gasteiger partial charge in [0.05, 0.1) is 30.3 Å². The van der Waals surface area contributed by atoms with Crippen molar-refractivity contribution in [3.63, 3.8) is 0 Å². The molecule has 0 spiro atoms. The maximum Gasteiger partial charge on any atom is 0.408 e. The van der Waals surface area contributed by atoms with Crippen molar-refractivity contribution in [2.45, 2.75) is 148 Å². The van der Waals surface area contributed by atoms with Gasteiger partial charge in [0.1, 0.15) is 34.3 Å². The number of likely N-dealkylation sites (tertiary alicyclic amines) is 1. The lowest BCUT2D eigenvalue weighted by molar-refractivity contribution is -0.144. The van der Waals surface area contributed by atoms with Crippen LogP contribution < -0.4 is 15.8 Å². The van der Waals surface area contributed by atoms with Crippen molar-refractivity contribution in [3.8, 4) is 16.6 Å². The molecular weight excluding hydrogens is 745 g/mol. The summed E-state index contributed by atoms with van der Waals surface area (Å²) >= 11 is 1.64. The standard InChI is InChI=1S/C43H60N6O7S/c1-7-54-40(52)31-22-28(31)18-11-9-8-10-12-20-32(46-42(53)56-43(4,5)6)39(51)48-24-29(23-35(48)37(44)50)55-41-47-36-30(19-15-21-34(36)49(41)26(2)3)38-45-33(25-57-38)27-16-13-14-17-27/h11,15,18-19,21,25-29,31-32,35H,7-10,12-14,16-17,20,22-24H2,1-6H3,(H2,44,50)(H,46,53)/b18-11-/t28-,29-,31+,32+,35+/m1/s1. The first kappa shape index (κ1) is 42.2. The molecule has 0 radical (unpaired) electrons. The van der Waals surface area contributed by atoms with E-state index in [2.05, 4.69) is 36.7 Å². The number of alkyl carbamates (subject to hydrolysis) is 1. The van der Waals surface area contributed by atoms with Gasteiger partial charge in [0.25, 0.3) is 6.01 Å². The van der Waals surface area contributed by atoms with E-state index in [1.54, 1.807) is 32.1 Å². The van der Waals surface area contributed by atoms with Gasteiger partial charge >= 0.3 is 12.1 Å². The molecule has 3 aromatic rings. The number of allylic oxidation sites excluding steroid dienone is 2. The van der Waals surface area contributed by atoms with Crippen molar-refractivity contribution >= 4 is 46.2 Å². The van der Waals surface area contributed by atoms with Crippen LogP contribution in [-0.2, 0) is 23.9 Å². The van der Waals surface area contributed by atoms with Gasteiger partial charge in [-0.05, 0) is 98.1 Å². The quantitative estimate of drug-likeness (QED) is 0.0785. The Bertz CT molecular complexity index is 1930. The number of nitrogens with two attached hydrogens (primary N) is 1. The molecule has 1 aliphatic heterocycles. The van der Waals surface area contributed by atoms with E-state index in [1.165, 1.54) is 30.6 Å². The molecule has 13 nitrogen and oxygen atoms in total. The average Bonchev–Trinajstić information content (AvgIpc) is 3.65. The summed E-state index contributed by atoms with van der Waals surface area (Å²) in [5.41, 5.74) is 8.95. The van der Waals surface area contributed by atoms with Crippen molar-refractivity contribution in [1.82, 2.24) is 24.8 Å². The van der Waals surface area contributed by atoms with E-state index in [4.69, 9.17) is 29.9 Å². The summed E-state index contributed by atoms with van der Waals surface area (Å²) in [4.78, 5) is 63.5. The number of hydrogen-bond acceptors (Lipinski definition) is 10. The highest BCUT2D eigenvalue weighted by molar-refractivity contribution is 7.13. The minimum Gasteiger partial charge on any atom is -0.466 e. The smallest absolute Gasteiger partial charge is 0.408 e. The Morgan fingerprint density at radius 2 is 1.84 bits per heavy atom. The van der Waals surface area contributed by atoms with Crippen LogP contribution in [0.25, 0.3) is 21.6 Å². The Morgan fingerprint density at radius 1 is 1.07 bits per heavy atom. The molecular formula is C43H60N6O7S. The van der Waals surface area contributed by atoms with Crippen LogP contribution in [-0.4, -0.2) is 80.3 Å². The number of esters is 1. The third kappa shape index (κ3) is 10.5. The summed E-state index contributed by atoms with van der Waals surface area (Å²) in [7, 11) is 0. The van der Waals surface area contributed by atoms with Gasteiger partial charge in [-0.2, -0.15) is 4.98 Å². The first-order valence-electron chi connectivity index (χ1n) is 20.8. The lowest BCUT2D eigenvalue weighted by Gasteiger charge is -2.28. The summed E-state index contributed by atoms with van der Waals surface area (Å²) in [6, 6.07) is 4.65. The number of amides is 3. The van der Waals surface area contributed by atoms with Gasteiger partial charge in [-0.1, -0.05) is 43.9 Å². The number of benzene rings is 1. The number of carbonyl (C=O) groups excluding carboxylic acids is 4. The summed E-state index contributed by atoms with van der Waals surface area (Å²) in [6.45, 7) is 11.7. The van der Waals surface area contributed by atoms with Crippen molar-refractivity contribution < 1.29 is 33.4 Å². The zero-order chi connectivity index (χ0) is 40.9. The van der Waals surface area contributed by atoms with Gasteiger partial charge in [0.15, 0.2) is 0 Å². The van der Waals surface area contributed by atoms with Crippen LogP contribution in [0, 0.1) is 11.8 Å². The molecule has 0 unspecified atom stereocenters. The average molecular weight is 805 g/mol. The number of ether oxygens (including phenoxy) is 3. The molecule has 2 aliphatic carbocycles. The van der Waals surface area contributed by atoms with E-state index < -0.39 is 41.7 Å². The van der Waals surface area contributed by atoms with Crippen molar-refractivity contribution in [3.05, 3.63) is 41.4 Å². The number of carbonyl (C=O) groups is 4. The predicted molar refractivity (Wildman–Crippen MR) is 220 cm³/mol. The zero-order valence-electron chi connectivity index (χ0n) is 34.3. The SMILES string of the molecule is CCOC(=O)[C@H]1C[C@H]1/C=C\CCCCC[C@H](NC(=O)OC(C)(C)C)C(=O)N1C[C@H](Oc2nc3c(-c4nc(C5CCCC5)cs4)cccc3n2C(C)C)C[C@H]1C(N)=O. The zero-order valence-corrected chi connectivity index (χ0v) is 35.1. The molecule has 5 atom stereocenters. The van der Waals surface area contributed by atoms with Crippen molar-refractivity contribution in [2.24, 2.45) is 17.6 Å². The molecule has 3 heterocycles. The van der Waals surface area contributed by atoms with E-state index in [9.17, 15) is 19.2 Å². The van der Waals surface area contributed by atoms with Crippen LogP contribution in [0.15, 0.2) is 35.7 Å². The summed E-state index contributed by atoms with van der Waals surface area (Å²) in [5, 5.41) is 5.89. The van der Waals surface area contributed by atoms with Gasteiger partial charge in [-0.3, -0.25) is 19.0 Å². The van der Waals surface area contributed by atoms with Gasteiger partial charge in [-0.25, -0.2) is 9.78 Å². The van der Waals surface area contributed by atoms with E-state index in [-0.39, 0.29) is 36.8 Å². The second-order valence-corrected chi connectivity index (χ2v) is 17.9. The minimum atomic E-state index is -0.928. The molecule has 310 valence electrons. The van der Waals surface area contributed by atoms with E-state index >= 15 is 0 Å².